The minimum atomic E-state index is -0.332. The molecular formula is C21H30N4O3S. The van der Waals surface area contributed by atoms with Crippen LogP contribution in [-0.2, 0) is 15.0 Å². The lowest BCUT2D eigenvalue weighted by Gasteiger charge is -2.23. The zero-order chi connectivity index (χ0) is 21.8. The summed E-state index contributed by atoms with van der Waals surface area (Å²) in [6.45, 7) is 12.2. The molecule has 0 spiro atoms. The zero-order valence-corrected chi connectivity index (χ0v) is 19.0. The summed E-state index contributed by atoms with van der Waals surface area (Å²) in [7, 11) is 1.60. The molecule has 0 fully saturated rings. The zero-order valence-electron chi connectivity index (χ0n) is 18.2. The number of nitrogens with one attached hydrogen (secondary N) is 1. The van der Waals surface area contributed by atoms with E-state index in [0.29, 0.717) is 11.1 Å². The van der Waals surface area contributed by atoms with Gasteiger partial charge in [-0.1, -0.05) is 44.7 Å². The van der Waals surface area contributed by atoms with Crippen molar-refractivity contribution in [2.75, 3.05) is 19.3 Å². The Labute approximate surface area is 176 Å². The normalized spacial score (nSPS) is 12.0. The van der Waals surface area contributed by atoms with Crippen LogP contribution >= 0.6 is 11.8 Å². The van der Waals surface area contributed by atoms with Gasteiger partial charge in [0.25, 0.3) is 5.22 Å². The van der Waals surface area contributed by atoms with E-state index in [2.05, 4.69) is 36.3 Å². The van der Waals surface area contributed by atoms with Crippen LogP contribution in [0.1, 0.15) is 47.1 Å². The van der Waals surface area contributed by atoms with E-state index in [1.165, 1.54) is 10.5 Å². The fraction of sp³-hybridized carbons (Fsp3) is 0.524. The second-order valence-electron chi connectivity index (χ2n) is 9.04. The van der Waals surface area contributed by atoms with Gasteiger partial charge in [0.2, 0.25) is 17.7 Å². The SMILES string of the molecule is CN(CC(=O)NC(C)(C)C)C(=O)CSc1nnc(-c2ccc(C(C)(C)C)cc2)o1. The molecule has 8 heteroatoms. The number of carbonyl (C=O) groups excluding carboxylic acids is 2. The van der Waals surface area contributed by atoms with Crippen LogP contribution in [0.5, 0.6) is 0 Å². The second kappa shape index (κ2) is 8.98. The Morgan fingerprint density at radius 1 is 1.07 bits per heavy atom. The number of hydrogen-bond acceptors (Lipinski definition) is 6. The van der Waals surface area contributed by atoms with Crippen LogP contribution in [0, 0.1) is 0 Å². The molecule has 0 unspecified atom stereocenters. The quantitative estimate of drug-likeness (QED) is 0.723. The van der Waals surface area contributed by atoms with Gasteiger partial charge in [-0.25, -0.2) is 0 Å². The van der Waals surface area contributed by atoms with E-state index >= 15 is 0 Å². The van der Waals surface area contributed by atoms with Crippen LogP contribution in [-0.4, -0.2) is 51.8 Å². The average molecular weight is 419 g/mol. The van der Waals surface area contributed by atoms with Crippen molar-refractivity contribution in [1.29, 1.82) is 0 Å². The van der Waals surface area contributed by atoms with Gasteiger partial charge in [0.05, 0.1) is 12.3 Å². The Morgan fingerprint density at radius 2 is 1.69 bits per heavy atom. The summed E-state index contributed by atoms with van der Waals surface area (Å²) >= 11 is 1.16. The summed E-state index contributed by atoms with van der Waals surface area (Å²) in [5.41, 5.74) is 1.80. The van der Waals surface area contributed by atoms with Crippen molar-refractivity contribution >= 4 is 23.6 Å². The third-order valence-electron chi connectivity index (χ3n) is 4.04. The summed E-state index contributed by atoms with van der Waals surface area (Å²) in [4.78, 5) is 25.6. The van der Waals surface area contributed by atoms with Crippen molar-refractivity contribution in [3.05, 3.63) is 29.8 Å². The Kier molecular flexibility index (Phi) is 7.11. The highest BCUT2D eigenvalue weighted by Gasteiger charge is 2.19. The van der Waals surface area contributed by atoms with Gasteiger partial charge in [0, 0.05) is 18.2 Å². The van der Waals surface area contributed by atoms with Crippen molar-refractivity contribution in [3.8, 4) is 11.5 Å². The number of amides is 2. The fourth-order valence-corrected chi connectivity index (χ4v) is 3.20. The average Bonchev–Trinajstić information content (AvgIpc) is 3.06. The van der Waals surface area contributed by atoms with Gasteiger partial charge in [0.1, 0.15) is 0 Å². The molecule has 7 nitrogen and oxygen atoms in total. The van der Waals surface area contributed by atoms with E-state index in [0.717, 1.165) is 17.3 Å². The number of rotatable bonds is 6. The Morgan fingerprint density at radius 3 is 2.24 bits per heavy atom. The van der Waals surface area contributed by atoms with Crippen molar-refractivity contribution in [1.82, 2.24) is 20.4 Å². The molecule has 1 aromatic carbocycles. The molecule has 29 heavy (non-hydrogen) atoms. The Hall–Kier alpha value is -2.35. The molecule has 1 aromatic heterocycles. The third-order valence-corrected chi connectivity index (χ3v) is 4.85. The minimum absolute atomic E-state index is 0.00583. The van der Waals surface area contributed by atoms with Gasteiger partial charge >= 0.3 is 0 Å². The van der Waals surface area contributed by atoms with Crippen molar-refractivity contribution in [2.45, 2.75) is 57.7 Å². The number of likely N-dealkylation sites (N-methyl/N-ethyl adjacent to an activating group) is 1. The molecule has 1 N–H and O–H groups in total. The predicted octanol–water partition coefficient (Wildman–Crippen LogP) is 3.50. The van der Waals surface area contributed by atoms with Crippen LogP contribution < -0.4 is 5.32 Å². The standard InChI is InChI=1S/C21H30N4O3S/c1-20(2,3)15-10-8-14(9-11-15)18-23-24-19(28-18)29-13-17(27)25(7)12-16(26)22-21(4,5)6/h8-11H,12-13H2,1-7H3,(H,22,26). The fourth-order valence-electron chi connectivity index (χ4n) is 2.49. The van der Waals surface area contributed by atoms with Gasteiger partial charge in [-0.2, -0.15) is 0 Å². The molecule has 2 rings (SSSR count). The summed E-state index contributed by atoms with van der Waals surface area (Å²) in [6, 6.07) is 8.01. The first-order valence-corrected chi connectivity index (χ1v) is 10.5. The summed E-state index contributed by atoms with van der Waals surface area (Å²) < 4.78 is 5.66. The topological polar surface area (TPSA) is 88.3 Å². The summed E-state index contributed by atoms with van der Waals surface area (Å²) in [6.07, 6.45) is 0. The highest BCUT2D eigenvalue weighted by Crippen LogP contribution is 2.27. The van der Waals surface area contributed by atoms with Crippen molar-refractivity contribution in [3.63, 3.8) is 0 Å². The number of carbonyl (C=O) groups is 2. The van der Waals surface area contributed by atoms with Crippen LogP contribution in [0.3, 0.4) is 0 Å². The molecule has 0 aliphatic rings. The maximum absolute atomic E-state index is 12.3. The molecule has 2 amide bonds. The Bertz CT molecular complexity index is 848. The maximum Gasteiger partial charge on any atom is 0.277 e. The first kappa shape index (κ1) is 22.9. The largest absolute Gasteiger partial charge is 0.411 e. The van der Waals surface area contributed by atoms with Crippen LogP contribution in [0.4, 0.5) is 0 Å². The van der Waals surface area contributed by atoms with Crippen molar-refractivity contribution in [2.24, 2.45) is 0 Å². The minimum Gasteiger partial charge on any atom is -0.411 e. The molecule has 0 atom stereocenters. The molecule has 158 valence electrons. The maximum atomic E-state index is 12.3. The molecule has 0 radical (unpaired) electrons. The van der Waals surface area contributed by atoms with E-state index in [-0.39, 0.29) is 35.1 Å². The smallest absolute Gasteiger partial charge is 0.277 e. The monoisotopic (exact) mass is 418 g/mol. The lowest BCUT2D eigenvalue weighted by molar-refractivity contribution is -0.133. The summed E-state index contributed by atoms with van der Waals surface area (Å²) in [5.74, 6) is 0.146. The van der Waals surface area contributed by atoms with E-state index in [4.69, 9.17) is 4.42 Å². The number of nitrogens with zero attached hydrogens (tertiary/aromatic N) is 3. The lowest BCUT2D eigenvalue weighted by Crippen LogP contribution is -2.46. The first-order chi connectivity index (χ1) is 13.3. The van der Waals surface area contributed by atoms with E-state index < -0.39 is 0 Å². The molecule has 0 aliphatic heterocycles. The Balaban J connectivity index is 1.90. The second-order valence-corrected chi connectivity index (χ2v) is 9.96. The highest BCUT2D eigenvalue weighted by molar-refractivity contribution is 7.99. The van der Waals surface area contributed by atoms with Crippen LogP contribution in [0.15, 0.2) is 33.9 Å². The molecule has 2 aromatic rings. The van der Waals surface area contributed by atoms with E-state index in [1.54, 1.807) is 7.05 Å². The number of aromatic nitrogens is 2. The molecular weight excluding hydrogens is 388 g/mol. The summed E-state index contributed by atoms with van der Waals surface area (Å²) in [5, 5.41) is 11.2. The molecule has 0 saturated carbocycles. The van der Waals surface area contributed by atoms with Gasteiger partial charge < -0.3 is 14.6 Å². The van der Waals surface area contributed by atoms with Crippen LogP contribution in [0.25, 0.3) is 11.5 Å². The number of benzene rings is 1. The van der Waals surface area contributed by atoms with Gasteiger partial charge in [-0.3, -0.25) is 9.59 Å². The third kappa shape index (κ3) is 7.20. The highest BCUT2D eigenvalue weighted by atomic mass is 32.2. The van der Waals surface area contributed by atoms with E-state index in [1.807, 2.05) is 45.0 Å². The molecule has 0 bridgehead atoms. The first-order valence-electron chi connectivity index (χ1n) is 9.47. The van der Waals surface area contributed by atoms with Crippen LogP contribution in [0.2, 0.25) is 0 Å². The van der Waals surface area contributed by atoms with Gasteiger partial charge in [-0.05, 0) is 43.9 Å². The van der Waals surface area contributed by atoms with Gasteiger partial charge in [0.15, 0.2) is 0 Å². The number of thioether (sulfide) groups is 1. The van der Waals surface area contributed by atoms with E-state index in [9.17, 15) is 9.59 Å². The lowest BCUT2D eigenvalue weighted by atomic mass is 9.87. The van der Waals surface area contributed by atoms with Crippen molar-refractivity contribution < 1.29 is 14.0 Å². The van der Waals surface area contributed by atoms with Gasteiger partial charge in [-0.15, -0.1) is 10.2 Å². The number of hydrogen-bond donors (Lipinski definition) is 1. The molecule has 0 saturated heterocycles. The molecule has 1 heterocycles. The predicted molar refractivity (Wildman–Crippen MR) is 115 cm³/mol. The molecule has 0 aliphatic carbocycles.